The van der Waals surface area contributed by atoms with Crippen molar-refractivity contribution in [2.75, 3.05) is 30.4 Å². The molecule has 1 aliphatic carbocycles. The number of nitrogens with one attached hydrogen (secondary N) is 2. The third-order valence-electron chi connectivity index (χ3n) is 6.37. The molecule has 2 aliphatic rings. The van der Waals surface area contributed by atoms with Gasteiger partial charge in [-0.25, -0.2) is 18.7 Å². The molecule has 3 aromatic heterocycles. The van der Waals surface area contributed by atoms with Crippen molar-refractivity contribution >= 4 is 33.4 Å². The minimum Gasteiger partial charge on any atom is -0.421 e. The highest BCUT2D eigenvalue weighted by Crippen LogP contribution is 2.47. The van der Waals surface area contributed by atoms with E-state index in [9.17, 15) is 8.78 Å². The zero-order valence-electron chi connectivity index (χ0n) is 17.4. The summed E-state index contributed by atoms with van der Waals surface area (Å²) in [7, 11) is 1.58. The summed E-state index contributed by atoms with van der Waals surface area (Å²) in [5.41, 5.74) is 6.89. The molecule has 0 bridgehead atoms. The van der Waals surface area contributed by atoms with Crippen LogP contribution in [0.15, 0.2) is 18.5 Å². The van der Waals surface area contributed by atoms with Gasteiger partial charge in [-0.05, 0) is 18.8 Å². The van der Waals surface area contributed by atoms with Crippen molar-refractivity contribution in [1.29, 1.82) is 0 Å². The van der Waals surface area contributed by atoms with Gasteiger partial charge < -0.3 is 25.7 Å². The number of anilines is 2. The molecule has 1 aliphatic heterocycles. The van der Waals surface area contributed by atoms with Gasteiger partial charge in [0.25, 0.3) is 0 Å². The van der Waals surface area contributed by atoms with Crippen LogP contribution in [-0.2, 0) is 0 Å². The van der Waals surface area contributed by atoms with Crippen molar-refractivity contribution in [3.05, 3.63) is 35.9 Å². The summed E-state index contributed by atoms with van der Waals surface area (Å²) in [6.45, 7) is 3.18. The number of rotatable bonds is 4. The Morgan fingerprint density at radius 1 is 1.12 bits per heavy atom. The number of H-pyrrole nitrogens is 1. The Bertz CT molecular complexity index is 1360. The molecule has 2 atom stereocenters. The highest BCUT2D eigenvalue weighted by Gasteiger charge is 2.54. The Morgan fingerprint density at radius 2 is 1.84 bits per heavy atom. The van der Waals surface area contributed by atoms with Crippen molar-refractivity contribution in [3.8, 4) is 11.8 Å². The van der Waals surface area contributed by atoms with Crippen LogP contribution < -0.4 is 20.7 Å². The van der Waals surface area contributed by atoms with Gasteiger partial charge in [0.1, 0.15) is 23.1 Å². The molecule has 4 N–H and O–H groups in total. The molecule has 4 aromatic rings. The number of ether oxygens (including phenoxy) is 1. The van der Waals surface area contributed by atoms with Gasteiger partial charge in [-0.3, -0.25) is 0 Å². The molecule has 2 fully saturated rings. The zero-order valence-corrected chi connectivity index (χ0v) is 17.4. The van der Waals surface area contributed by atoms with Crippen LogP contribution in [0.5, 0.6) is 11.8 Å². The average Bonchev–Trinajstić information content (AvgIpc) is 3.13. The molecule has 9 nitrogen and oxygen atoms in total. The lowest BCUT2D eigenvalue weighted by molar-refractivity contribution is 0.439. The van der Waals surface area contributed by atoms with E-state index in [0.29, 0.717) is 53.4 Å². The maximum Gasteiger partial charge on any atom is 0.326 e. The van der Waals surface area contributed by atoms with Gasteiger partial charge in [0, 0.05) is 32.2 Å². The molecule has 32 heavy (non-hydrogen) atoms. The van der Waals surface area contributed by atoms with Gasteiger partial charge in [0.2, 0.25) is 0 Å². The van der Waals surface area contributed by atoms with E-state index in [0.717, 1.165) is 6.07 Å². The lowest BCUT2D eigenvalue weighted by atomic mass is 10.1. The van der Waals surface area contributed by atoms with E-state index in [-0.39, 0.29) is 28.6 Å². The molecule has 164 valence electrons. The number of nitrogens with two attached hydrogens (primary N) is 1. The molecule has 0 amide bonds. The average molecular weight is 438 g/mol. The molecule has 6 rings (SSSR count). The van der Waals surface area contributed by atoms with Gasteiger partial charge in [-0.15, -0.1) is 0 Å². The summed E-state index contributed by atoms with van der Waals surface area (Å²) in [5, 5.41) is 3.51. The summed E-state index contributed by atoms with van der Waals surface area (Å²) < 4.78 is 35.2. The minimum absolute atomic E-state index is 0.0586. The van der Waals surface area contributed by atoms with Gasteiger partial charge in [0.15, 0.2) is 11.6 Å². The fraction of sp³-hybridized carbons (Fsp3) is 0.333. The van der Waals surface area contributed by atoms with Crippen molar-refractivity contribution in [1.82, 2.24) is 24.9 Å². The zero-order chi connectivity index (χ0) is 22.1. The molecule has 0 radical (unpaired) electrons. The summed E-state index contributed by atoms with van der Waals surface area (Å²) in [5.74, 6) is 0.891. The number of aryl methyl sites for hydroxylation is 1. The van der Waals surface area contributed by atoms with Crippen LogP contribution >= 0.6 is 0 Å². The van der Waals surface area contributed by atoms with E-state index >= 15 is 0 Å². The molecule has 2 unspecified atom stereocenters. The summed E-state index contributed by atoms with van der Waals surface area (Å²) in [6, 6.07) is 1.12. The number of hydrogen-bond donors (Lipinski definition) is 3. The lowest BCUT2D eigenvalue weighted by Crippen LogP contribution is -2.29. The fourth-order valence-electron chi connectivity index (χ4n) is 4.66. The highest BCUT2D eigenvalue weighted by atomic mass is 19.1. The molecule has 1 saturated heterocycles. The first-order chi connectivity index (χ1) is 15.4. The van der Waals surface area contributed by atoms with E-state index in [1.165, 1.54) is 12.4 Å². The van der Waals surface area contributed by atoms with Crippen LogP contribution in [0, 0.1) is 30.4 Å². The molecular weight excluding hydrogens is 418 g/mol. The topological polar surface area (TPSA) is 118 Å². The third-order valence-corrected chi connectivity index (χ3v) is 6.37. The maximum atomic E-state index is 15.0. The molecule has 4 heterocycles. The SMILES string of the molecule is CNc1c(F)cc(F)c2c1[nH]c1nc(Oc3cnc(C)nc3)nc(N3CC4C(N)C4C3)c12. The fourth-order valence-corrected chi connectivity index (χ4v) is 4.66. The lowest BCUT2D eigenvalue weighted by Gasteiger charge is -2.21. The molecule has 11 heteroatoms. The van der Waals surface area contributed by atoms with Crippen molar-refractivity contribution in [2.45, 2.75) is 13.0 Å². The molecular formula is C21H20F2N8O. The second kappa shape index (κ2) is 6.70. The highest BCUT2D eigenvalue weighted by molar-refractivity contribution is 6.15. The van der Waals surface area contributed by atoms with Gasteiger partial charge >= 0.3 is 6.01 Å². The Hall–Kier alpha value is -3.60. The Balaban J connectivity index is 1.55. The number of aromatic amines is 1. The summed E-state index contributed by atoms with van der Waals surface area (Å²) >= 11 is 0. The maximum absolute atomic E-state index is 15.0. The van der Waals surface area contributed by atoms with E-state index in [1.807, 2.05) is 0 Å². The monoisotopic (exact) mass is 438 g/mol. The first-order valence-corrected chi connectivity index (χ1v) is 10.3. The standard InChI is InChI=1S/C21H20F2N8O/c1-8-26-4-9(5-27-8)32-21-29-19-15(20(30-21)31-6-10-11(7-31)16(10)24)14-12(22)3-13(23)17(25-2)18(14)28-19/h3-5,10-11,16,25H,6-7,24H2,1-2H3,(H,28,29,30). The summed E-state index contributed by atoms with van der Waals surface area (Å²) in [6.07, 6.45) is 3.05. The molecule has 0 spiro atoms. The van der Waals surface area contributed by atoms with Crippen LogP contribution in [0.25, 0.3) is 21.9 Å². The first kappa shape index (κ1) is 19.1. The van der Waals surface area contributed by atoms with Crippen molar-refractivity contribution in [3.63, 3.8) is 0 Å². The van der Waals surface area contributed by atoms with Crippen molar-refractivity contribution in [2.24, 2.45) is 17.6 Å². The third kappa shape index (κ3) is 2.77. The van der Waals surface area contributed by atoms with Crippen LogP contribution in [0.2, 0.25) is 0 Å². The second-order valence-corrected chi connectivity index (χ2v) is 8.27. The number of nitrogens with zero attached hydrogens (tertiary/aromatic N) is 5. The van der Waals surface area contributed by atoms with Gasteiger partial charge in [-0.1, -0.05) is 0 Å². The van der Waals surface area contributed by atoms with E-state index in [4.69, 9.17) is 10.5 Å². The van der Waals surface area contributed by atoms with Gasteiger partial charge in [0.05, 0.1) is 34.4 Å². The normalized spacial score (nSPS) is 21.9. The largest absolute Gasteiger partial charge is 0.421 e. The predicted molar refractivity (Wildman–Crippen MR) is 115 cm³/mol. The van der Waals surface area contributed by atoms with Crippen LogP contribution in [0.3, 0.4) is 0 Å². The van der Waals surface area contributed by atoms with E-state index < -0.39 is 11.6 Å². The number of fused-ring (bicyclic) bond motifs is 4. The smallest absolute Gasteiger partial charge is 0.326 e. The molecule has 1 saturated carbocycles. The molecule has 1 aromatic carbocycles. The minimum atomic E-state index is -0.694. The number of aromatic nitrogens is 5. The van der Waals surface area contributed by atoms with E-state index in [2.05, 4.69) is 35.1 Å². The van der Waals surface area contributed by atoms with Crippen LogP contribution in [-0.4, -0.2) is 51.1 Å². The first-order valence-electron chi connectivity index (χ1n) is 10.3. The Labute approximate surface area is 181 Å². The summed E-state index contributed by atoms with van der Waals surface area (Å²) in [4.78, 5) is 22.4. The Kier molecular flexibility index (Phi) is 4.00. The number of benzene rings is 1. The Morgan fingerprint density at radius 3 is 2.53 bits per heavy atom. The second-order valence-electron chi connectivity index (χ2n) is 8.27. The van der Waals surface area contributed by atoms with E-state index in [1.54, 1.807) is 14.0 Å². The number of hydrogen-bond acceptors (Lipinski definition) is 8. The van der Waals surface area contributed by atoms with Crippen molar-refractivity contribution < 1.29 is 13.5 Å². The van der Waals surface area contributed by atoms with Crippen LogP contribution in [0.1, 0.15) is 5.82 Å². The number of halogens is 2. The quantitative estimate of drug-likeness (QED) is 0.445. The number of piperidine rings is 1. The van der Waals surface area contributed by atoms with Gasteiger partial charge in [-0.2, -0.15) is 9.97 Å². The predicted octanol–water partition coefficient (Wildman–Crippen LogP) is 2.72. The van der Waals surface area contributed by atoms with Crippen LogP contribution in [0.4, 0.5) is 20.3 Å².